The fraction of sp³-hybridized carbons (Fsp3) is 0.611. The molecule has 0 radical (unpaired) electrons. The van der Waals surface area contributed by atoms with Crippen molar-refractivity contribution in [3.8, 4) is 0 Å². The van der Waals surface area contributed by atoms with Crippen molar-refractivity contribution >= 4 is 5.91 Å². The number of rotatable bonds is 7. The summed E-state index contributed by atoms with van der Waals surface area (Å²) in [4.78, 5) is 19.0. The number of nitrogens with one attached hydrogen (secondary N) is 1. The minimum absolute atomic E-state index is 0.274. The van der Waals surface area contributed by atoms with Crippen LogP contribution in [0.4, 0.5) is 0 Å². The highest BCUT2D eigenvalue weighted by Crippen LogP contribution is 2.17. The van der Waals surface area contributed by atoms with Crippen molar-refractivity contribution in [1.82, 2.24) is 20.4 Å². The molecule has 2 aromatic heterocycles. The van der Waals surface area contributed by atoms with Crippen LogP contribution < -0.4 is 5.32 Å². The molecule has 1 atom stereocenters. The molecule has 3 heterocycles. The topological polar surface area (TPSA) is 84.4 Å². The van der Waals surface area contributed by atoms with Gasteiger partial charge in [0.2, 0.25) is 5.89 Å². The van der Waals surface area contributed by atoms with E-state index in [1.165, 1.54) is 12.8 Å². The van der Waals surface area contributed by atoms with Crippen LogP contribution in [-0.2, 0) is 13.0 Å². The van der Waals surface area contributed by atoms with Crippen LogP contribution in [0.15, 0.2) is 21.1 Å². The van der Waals surface area contributed by atoms with Gasteiger partial charge in [-0.2, -0.15) is 4.98 Å². The molecule has 7 nitrogen and oxygen atoms in total. The molecule has 1 saturated heterocycles. The van der Waals surface area contributed by atoms with Gasteiger partial charge >= 0.3 is 0 Å². The van der Waals surface area contributed by atoms with Gasteiger partial charge < -0.3 is 14.3 Å². The van der Waals surface area contributed by atoms with Crippen LogP contribution in [0.5, 0.6) is 0 Å². The van der Waals surface area contributed by atoms with Crippen LogP contribution >= 0.6 is 0 Å². The maximum Gasteiger partial charge on any atom is 0.287 e. The van der Waals surface area contributed by atoms with E-state index >= 15 is 0 Å². The van der Waals surface area contributed by atoms with Crippen LogP contribution in [0.3, 0.4) is 0 Å². The van der Waals surface area contributed by atoms with Gasteiger partial charge in [-0.05, 0) is 50.9 Å². The average molecular weight is 346 g/mol. The van der Waals surface area contributed by atoms with Crippen molar-refractivity contribution < 1.29 is 13.7 Å². The third kappa shape index (κ3) is 4.69. The predicted molar refractivity (Wildman–Crippen MR) is 91.9 cm³/mol. The number of carbonyl (C=O) groups is 1. The fourth-order valence-electron chi connectivity index (χ4n) is 2.97. The smallest absolute Gasteiger partial charge is 0.287 e. The third-order valence-corrected chi connectivity index (χ3v) is 4.26. The highest BCUT2D eigenvalue weighted by molar-refractivity contribution is 5.91. The summed E-state index contributed by atoms with van der Waals surface area (Å²) >= 11 is 0. The van der Waals surface area contributed by atoms with E-state index in [1.807, 2.05) is 13.0 Å². The van der Waals surface area contributed by atoms with Gasteiger partial charge in [-0.1, -0.05) is 19.0 Å². The summed E-state index contributed by atoms with van der Waals surface area (Å²) in [5.74, 6) is 2.38. The van der Waals surface area contributed by atoms with Crippen LogP contribution in [0.2, 0.25) is 0 Å². The Bertz CT molecular complexity index is 701. The molecule has 1 N–H and O–H groups in total. The molecule has 25 heavy (non-hydrogen) atoms. The van der Waals surface area contributed by atoms with Gasteiger partial charge in [-0.3, -0.25) is 9.69 Å². The lowest BCUT2D eigenvalue weighted by Gasteiger charge is -2.12. The Hall–Kier alpha value is -2.15. The molecular weight excluding hydrogens is 320 g/mol. The second-order valence-corrected chi connectivity index (χ2v) is 7.09. The van der Waals surface area contributed by atoms with E-state index in [1.54, 1.807) is 6.07 Å². The average Bonchev–Trinajstić information content (AvgIpc) is 3.28. The Morgan fingerprint density at radius 2 is 2.04 bits per heavy atom. The van der Waals surface area contributed by atoms with Crippen LogP contribution in [-0.4, -0.2) is 34.0 Å². The van der Waals surface area contributed by atoms with Crippen molar-refractivity contribution in [3.63, 3.8) is 0 Å². The Kier molecular flexibility index (Phi) is 5.53. The van der Waals surface area contributed by atoms with Gasteiger partial charge in [0.25, 0.3) is 5.91 Å². The summed E-state index contributed by atoms with van der Waals surface area (Å²) in [6.07, 6.45) is 3.21. The van der Waals surface area contributed by atoms with E-state index in [9.17, 15) is 4.79 Å². The van der Waals surface area contributed by atoms with Crippen LogP contribution in [0.1, 0.15) is 67.7 Å². The molecule has 1 amide bonds. The van der Waals surface area contributed by atoms with Crippen molar-refractivity contribution in [1.29, 1.82) is 0 Å². The SMILES string of the molecule is CC(C)Cc1noc([C@H](C)NC(=O)c2ccc(CN3CCCC3)o2)n1. The molecular formula is C18H26N4O3. The molecule has 136 valence electrons. The summed E-state index contributed by atoms with van der Waals surface area (Å²) < 4.78 is 10.9. The van der Waals surface area contributed by atoms with Crippen molar-refractivity contribution in [3.05, 3.63) is 35.4 Å². The zero-order valence-corrected chi connectivity index (χ0v) is 15.1. The number of aromatic nitrogens is 2. The number of amides is 1. The van der Waals surface area contributed by atoms with Gasteiger partial charge in [0.05, 0.1) is 6.54 Å². The minimum Gasteiger partial charge on any atom is -0.455 e. The molecule has 1 aliphatic heterocycles. The third-order valence-electron chi connectivity index (χ3n) is 4.26. The predicted octanol–water partition coefficient (Wildman–Crippen LogP) is 2.95. The summed E-state index contributed by atoms with van der Waals surface area (Å²) in [6, 6.07) is 3.21. The number of hydrogen-bond donors (Lipinski definition) is 1. The second kappa shape index (κ2) is 7.82. The molecule has 0 unspecified atom stereocenters. The number of carbonyl (C=O) groups excluding carboxylic acids is 1. The molecule has 0 aromatic carbocycles. The number of furan rings is 1. The van der Waals surface area contributed by atoms with Gasteiger partial charge in [-0.15, -0.1) is 0 Å². The highest BCUT2D eigenvalue weighted by Gasteiger charge is 2.20. The Morgan fingerprint density at radius 1 is 1.28 bits per heavy atom. The van der Waals surface area contributed by atoms with E-state index in [-0.39, 0.29) is 11.9 Å². The zero-order valence-electron chi connectivity index (χ0n) is 15.1. The van der Waals surface area contributed by atoms with Gasteiger partial charge in [0, 0.05) is 6.42 Å². The van der Waals surface area contributed by atoms with Gasteiger partial charge in [-0.25, -0.2) is 0 Å². The Morgan fingerprint density at radius 3 is 2.76 bits per heavy atom. The van der Waals surface area contributed by atoms with E-state index in [0.29, 0.717) is 23.4 Å². The summed E-state index contributed by atoms with van der Waals surface area (Å²) in [7, 11) is 0. The first-order valence-corrected chi connectivity index (χ1v) is 8.95. The van der Waals surface area contributed by atoms with Crippen molar-refractivity contribution in [2.45, 2.75) is 52.6 Å². The Labute approximate surface area is 147 Å². The number of hydrogen-bond acceptors (Lipinski definition) is 6. The van der Waals surface area contributed by atoms with Crippen molar-refractivity contribution in [2.24, 2.45) is 5.92 Å². The second-order valence-electron chi connectivity index (χ2n) is 7.09. The molecule has 3 rings (SSSR count). The van der Waals surface area contributed by atoms with E-state index < -0.39 is 0 Å². The van der Waals surface area contributed by atoms with E-state index in [0.717, 1.165) is 31.8 Å². The van der Waals surface area contributed by atoms with Crippen LogP contribution in [0.25, 0.3) is 0 Å². The lowest BCUT2D eigenvalue weighted by Crippen LogP contribution is -2.26. The maximum absolute atomic E-state index is 12.4. The first kappa shape index (κ1) is 17.7. The maximum atomic E-state index is 12.4. The monoisotopic (exact) mass is 346 g/mol. The van der Waals surface area contributed by atoms with Gasteiger partial charge in [0.15, 0.2) is 11.6 Å². The van der Waals surface area contributed by atoms with Crippen LogP contribution in [0, 0.1) is 5.92 Å². The quantitative estimate of drug-likeness (QED) is 0.830. The molecule has 0 bridgehead atoms. The minimum atomic E-state index is -0.368. The summed E-state index contributed by atoms with van der Waals surface area (Å²) in [5, 5.41) is 6.80. The molecule has 0 saturated carbocycles. The molecule has 0 aliphatic carbocycles. The molecule has 1 aliphatic rings. The van der Waals surface area contributed by atoms with Gasteiger partial charge in [0.1, 0.15) is 11.8 Å². The summed E-state index contributed by atoms with van der Waals surface area (Å²) in [6.45, 7) is 8.95. The first-order valence-electron chi connectivity index (χ1n) is 8.95. The largest absolute Gasteiger partial charge is 0.455 e. The molecule has 2 aromatic rings. The molecule has 1 fully saturated rings. The lowest BCUT2D eigenvalue weighted by atomic mass is 10.1. The van der Waals surface area contributed by atoms with E-state index in [2.05, 4.69) is 34.2 Å². The first-order chi connectivity index (χ1) is 12.0. The van der Waals surface area contributed by atoms with Crippen molar-refractivity contribution in [2.75, 3.05) is 13.1 Å². The standard InChI is InChI=1S/C18H26N4O3/c1-12(2)10-16-20-18(25-21-16)13(3)19-17(23)15-7-6-14(24-15)11-22-8-4-5-9-22/h6-7,12-13H,4-5,8-11H2,1-3H3,(H,19,23)/t13-/m0/s1. The number of nitrogens with zero attached hydrogens (tertiary/aromatic N) is 3. The normalized spacial score (nSPS) is 16.5. The zero-order chi connectivity index (χ0) is 17.8. The Balaban J connectivity index is 1.56. The number of likely N-dealkylation sites (tertiary alicyclic amines) is 1. The highest BCUT2D eigenvalue weighted by atomic mass is 16.5. The fourth-order valence-corrected chi connectivity index (χ4v) is 2.97. The summed E-state index contributed by atoms with van der Waals surface area (Å²) in [5.41, 5.74) is 0. The molecule has 7 heteroatoms. The molecule has 0 spiro atoms. The lowest BCUT2D eigenvalue weighted by molar-refractivity contribution is 0.0901. The van der Waals surface area contributed by atoms with E-state index in [4.69, 9.17) is 8.94 Å².